The average Bonchev–Trinajstić information content (AvgIpc) is 2.88. The molecule has 1 atom stereocenters. The molecule has 1 heterocycles. The number of alkyl halides is 3. The topological polar surface area (TPSA) is 61.9 Å². The molecular formula is C27H26F3N3O3. The molecule has 188 valence electrons. The molecule has 3 aromatic rings. The molecule has 0 spiro atoms. The summed E-state index contributed by atoms with van der Waals surface area (Å²) >= 11 is 0. The van der Waals surface area contributed by atoms with E-state index in [1.807, 2.05) is 65.6 Å². The highest BCUT2D eigenvalue weighted by Crippen LogP contribution is 2.26. The lowest BCUT2D eigenvalue weighted by Crippen LogP contribution is -2.52. The SMILES string of the molecule is O=C(NCc1ccccc1)[C@@H](c1ccccc1)N1CCN(C(=O)c2cccc(OC(F)(F)F)c2)CC1. The van der Waals surface area contributed by atoms with Crippen molar-refractivity contribution in [3.63, 3.8) is 0 Å². The minimum absolute atomic E-state index is 0.116. The van der Waals surface area contributed by atoms with Gasteiger partial charge in [0.15, 0.2) is 0 Å². The van der Waals surface area contributed by atoms with Crippen LogP contribution >= 0.6 is 0 Å². The first-order valence-electron chi connectivity index (χ1n) is 11.6. The second kappa shape index (κ2) is 11.3. The van der Waals surface area contributed by atoms with Gasteiger partial charge in [-0.3, -0.25) is 14.5 Å². The standard InChI is InChI=1S/C27H26F3N3O3/c28-27(29,30)36-23-13-7-12-22(18-23)26(35)33-16-14-32(15-17-33)24(21-10-5-2-6-11-21)25(34)31-19-20-8-3-1-4-9-20/h1-13,18,24H,14-17,19H2,(H,31,34)/t24-/m1/s1. The number of nitrogens with one attached hydrogen (secondary N) is 1. The molecule has 1 fully saturated rings. The van der Waals surface area contributed by atoms with Crippen LogP contribution in [0.2, 0.25) is 0 Å². The van der Waals surface area contributed by atoms with Crippen LogP contribution in [0.15, 0.2) is 84.9 Å². The Morgan fingerprint density at radius 1 is 0.861 bits per heavy atom. The van der Waals surface area contributed by atoms with E-state index in [-0.39, 0.29) is 17.4 Å². The Kier molecular flexibility index (Phi) is 7.90. The fourth-order valence-electron chi connectivity index (χ4n) is 4.24. The molecular weight excluding hydrogens is 471 g/mol. The van der Waals surface area contributed by atoms with E-state index in [0.29, 0.717) is 32.7 Å². The Bertz CT molecular complexity index is 1160. The number of carbonyl (C=O) groups excluding carboxylic acids is 2. The Labute approximate surface area is 207 Å². The summed E-state index contributed by atoms with van der Waals surface area (Å²) in [5.74, 6) is -0.958. The van der Waals surface area contributed by atoms with Crippen molar-refractivity contribution in [2.45, 2.75) is 18.9 Å². The van der Waals surface area contributed by atoms with E-state index in [1.54, 1.807) is 4.90 Å². The zero-order valence-electron chi connectivity index (χ0n) is 19.4. The molecule has 9 heteroatoms. The van der Waals surface area contributed by atoms with Crippen molar-refractivity contribution >= 4 is 11.8 Å². The number of hydrogen-bond donors (Lipinski definition) is 1. The summed E-state index contributed by atoms with van der Waals surface area (Å²) < 4.78 is 41.6. The summed E-state index contributed by atoms with van der Waals surface area (Å²) in [5, 5.41) is 3.01. The van der Waals surface area contributed by atoms with E-state index in [0.717, 1.165) is 23.3 Å². The maximum absolute atomic E-state index is 13.3. The molecule has 0 saturated carbocycles. The molecule has 2 amide bonds. The van der Waals surface area contributed by atoms with E-state index < -0.39 is 18.2 Å². The number of carbonyl (C=O) groups is 2. The van der Waals surface area contributed by atoms with Gasteiger partial charge >= 0.3 is 6.36 Å². The van der Waals surface area contributed by atoms with Crippen molar-refractivity contribution in [3.8, 4) is 5.75 Å². The Hall–Kier alpha value is -3.85. The number of piperazine rings is 1. The molecule has 3 aromatic carbocycles. The van der Waals surface area contributed by atoms with Crippen LogP contribution in [0.25, 0.3) is 0 Å². The fourth-order valence-corrected chi connectivity index (χ4v) is 4.24. The molecule has 0 bridgehead atoms. The summed E-state index contributed by atoms with van der Waals surface area (Å²) in [5.41, 5.74) is 1.95. The Morgan fingerprint density at radius 2 is 1.50 bits per heavy atom. The zero-order chi connectivity index (χ0) is 25.5. The van der Waals surface area contributed by atoms with Crippen LogP contribution in [0.3, 0.4) is 0 Å². The summed E-state index contributed by atoms with van der Waals surface area (Å²) in [4.78, 5) is 29.8. The van der Waals surface area contributed by atoms with Crippen molar-refractivity contribution in [1.29, 1.82) is 0 Å². The van der Waals surface area contributed by atoms with E-state index >= 15 is 0 Å². The van der Waals surface area contributed by atoms with Crippen molar-refractivity contribution in [1.82, 2.24) is 15.1 Å². The highest BCUT2D eigenvalue weighted by Gasteiger charge is 2.33. The quantitative estimate of drug-likeness (QED) is 0.526. The molecule has 0 radical (unpaired) electrons. The van der Waals surface area contributed by atoms with Gasteiger partial charge in [0.05, 0.1) is 0 Å². The third-order valence-electron chi connectivity index (χ3n) is 5.95. The van der Waals surface area contributed by atoms with Crippen LogP contribution < -0.4 is 10.1 Å². The van der Waals surface area contributed by atoms with E-state index in [4.69, 9.17) is 0 Å². The maximum Gasteiger partial charge on any atom is 0.573 e. The van der Waals surface area contributed by atoms with Crippen LogP contribution in [-0.2, 0) is 11.3 Å². The minimum Gasteiger partial charge on any atom is -0.406 e. The van der Waals surface area contributed by atoms with Crippen LogP contribution in [0.4, 0.5) is 13.2 Å². The smallest absolute Gasteiger partial charge is 0.406 e. The third-order valence-corrected chi connectivity index (χ3v) is 5.95. The first kappa shape index (κ1) is 25.2. The largest absolute Gasteiger partial charge is 0.573 e. The molecule has 1 N–H and O–H groups in total. The molecule has 0 aromatic heterocycles. The van der Waals surface area contributed by atoms with E-state index in [9.17, 15) is 22.8 Å². The van der Waals surface area contributed by atoms with Gasteiger partial charge in [0.2, 0.25) is 5.91 Å². The number of benzene rings is 3. The van der Waals surface area contributed by atoms with Crippen LogP contribution in [-0.4, -0.2) is 54.2 Å². The number of nitrogens with zero attached hydrogens (tertiary/aromatic N) is 2. The summed E-state index contributed by atoms with van der Waals surface area (Å²) in [7, 11) is 0. The lowest BCUT2D eigenvalue weighted by atomic mass is 10.0. The molecule has 6 nitrogen and oxygen atoms in total. The summed E-state index contributed by atoms with van der Waals surface area (Å²) in [6, 6.07) is 23.6. The molecule has 1 aliphatic heterocycles. The van der Waals surface area contributed by atoms with Gasteiger partial charge in [-0.05, 0) is 29.3 Å². The van der Waals surface area contributed by atoms with Crippen LogP contribution in [0, 0.1) is 0 Å². The van der Waals surface area contributed by atoms with Gasteiger partial charge in [-0.2, -0.15) is 0 Å². The van der Waals surface area contributed by atoms with E-state index in [2.05, 4.69) is 10.1 Å². The highest BCUT2D eigenvalue weighted by atomic mass is 19.4. The third kappa shape index (κ3) is 6.63. The van der Waals surface area contributed by atoms with Gasteiger partial charge in [0, 0.05) is 38.3 Å². The molecule has 1 saturated heterocycles. The maximum atomic E-state index is 13.3. The number of amides is 2. The van der Waals surface area contributed by atoms with Gasteiger partial charge in [0.1, 0.15) is 11.8 Å². The van der Waals surface area contributed by atoms with Crippen molar-refractivity contribution in [2.75, 3.05) is 26.2 Å². The van der Waals surface area contributed by atoms with Gasteiger partial charge in [-0.1, -0.05) is 66.7 Å². The molecule has 4 rings (SSSR count). The van der Waals surface area contributed by atoms with Gasteiger partial charge in [0.25, 0.3) is 5.91 Å². The predicted molar refractivity (Wildman–Crippen MR) is 128 cm³/mol. The monoisotopic (exact) mass is 497 g/mol. The number of rotatable bonds is 7. The lowest BCUT2D eigenvalue weighted by Gasteiger charge is -2.38. The summed E-state index contributed by atoms with van der Waals surface area (Å²) in [6.45, 7) is 1.93. The van der Waals surface area contributed by atoms with Crippen molar-refractivity contribution in [2.24, 2.45) is 0 Å². The Morgan fingerprint density at radius 3 is 2.14 bits per heavy atom. The molecule has 1 aliphatic rings. The molecule has 0 unspecified atom stereocenters. The Balaban J connectivity index is 1.42. The van der Waals surface area contributed by atoms with Crippen molar-refractivity contribution in [3.05, 3.63) is 102 Å². The van der Waals surface area contributed by atoms with E-state index in [1.165, 1.54) is 12.1 Å². The van der Waals surface area contributed by atoms with Crippen LogP contribution in [0.5, 0.6) is 5.75 Å². The fraction of sp³-hybridized carbons (Fsp3) is 0.259. The first-order chi connectivity index (χ1) is 17.3. The van der Waals surface area contributed by atoms with Crippen molar-refractivity contribution < 1.29 is 27.5 Å². The lowest BCUT2D eigenvalue weighted by molar-refractivity contribution is -0.274. The zero-order valence-corrected chi connectivity index (χ0v) is 19.4. The number of hydrogen-bond acceptors (Lipinski definition) is 4. The second-order valence-corrected chi connectivity index (χ2v) is 8.42. The number of ether oxygens (including phenoxy) is 1. The van der Waals surface area contributed by atoms with Gasteiger partial charge in [-0.15, -0.1) is 13.2 Å². The van der Waals surface area contributed by atoms with Crippen LogP contribution in [0.1, 0.15) is 27.5 Å². The molecule has 36 heavy (non-hydrogen) atoms. The predicted octanol–water partition coefficient (Wildman–Crippen LogP) is 4.40. The number of halogens is 3. The second-order valence-electron chi connectivity index (χ2n) is 8.42. The van der Waals surface area contributed by atoms with Gasteiger partial charge < -0.3 is 15.0 Å². The minimum atomic E-state index is -4.83. The highest BCUT2D eigenvalue weighted by molar-refractivity contribution is 5.94. The van der Waals surface area contributed by atoms with Gasteiger partial charge in [-0.25, -0.2) is 0 Å². The molecule has 0 aliphatic carbocycles. The average molecular weight is 498 g/mol. The normalized spacial score (nSPS) is 15.2. The first-order valence-corrected chi connectivity index (χ1v) is 11.6. The summed E-state index contributed by atoms with van der Waals surface area (Å²) in [6.07, 6.45) is -4.83.